The van der Waals surface area contributed by atoms with Crippen molar-refractivity contribution < 1.29 is 0 Å². The van der Waals surface area contributed by atoms with E-state index in [2.05, 4.69) is 24.2 Å². The molecule has 0 saturated heterocycles. The van der Waals surface area contributed by atoms with Crippen LogP contribution in [0.2, 0.25) is 0 Å². The van der Waals surface area contributed by atoms with Gasteiger partial charge in [0, 0.05) is 12.1 Å². The zero-order valence-electron chi connectivity index (χ0n) is 11.9. The molecule has 1 aromatic rings. The topological polar surface area (TPSA) is 32.3 Å². The average Bonchev–Trinajstić information content (AvgIpc) is 2.31. The van der Waals surface area contributed by atoms with E-state index in [-0.39, 0.29) is 11.3 Å². The summed E-state index contributed by atoms with van der Waals surface area (Å²) in [4.78, 5) is 13.9. The first-order chi connectivity index (χ1) is 8.49. The van der Waals surface area contributed by atoms with E-state index in [9.17, 15) is 4.79 Å². The molecule has 0 saturated carbocycles. The Morgan fingerprint density at radius 3 is 2.56 bits per heavy atom. The monoisotopic (exact) mass is 268 g/mol. The lowest BCUT2D eigenvalue weighted by Gasteiger charge is -2.19. The Balaban J connectivity index is 2.39. The maximum atomic E-state index is 11.6. The molecule has 0 radical (unpaired) electrons. The average molecular weight is 268 g/mol. The van der Waals surface area contributed by atoms with Crippen LogP contribution >= 0.6 is 12.2 Å². The highest BCUT2D eigenvalue weighted by Crippen LogP contribution is 2.24. The van der Waals surface area contributed by atoms with Gasteiger partial charge in [0.2, 0.25) is 5.43 Å². The van der Waals surface area contributed by atoms with Crippen molar-refractivity contribution in [3.8, 4) is 0 Å². The van der Waals surface area contributed by atoms with Gasteiger partial charge < -0.3 is 10.2 Å². The quantitative estimate of drug-likeness (QED) is 0.580. The minimum absolute atomic E-state index is 0.0607. The summed E-state index contributed by atoms with van der Waals surface area (Å²) in [7, 11) is 2.14. The minimum Gasteiger partial charge on any atom is -0.383 e. The maximum absolute atomic E-state index is 11.6. The van der Waals surface area contributed by atoms with Crippen LogP contribution < -0.4 is 10.7 Å². The fourth-order valence-corrected chi connectivity index (χ4v) is 2.48. The first kappa shape index (κ1) is 15.3. The summed E-state index contributed by atoms with van der Waals surface area (Å²) < 4.78 is 0.487. The second-order valence-electron chi connectivity index (χ2n) is 5.19. The van der Waals surface area contributed by atoms with Gasteiger partial charge in [0.25, 0.3) is 0 Å². The molecule has 0 aliphatic carbocycles. The van der Waals surface area contributed by atoms with Gasteiger partial charge in [-0.05, 0) is 38.9 Å². The Kier molecular flexibility index (Phi) is 5.96. The lowest BCUT2D eigenvalue weighted by Crippen LogP contribution is -2.25. The van der Waals surface area contributed by atoms with Crippen molar-refractivity contribution in [2.75, 3.05) is 32.0 Å². The number of hydrogen-bond acceptors (Lipinski definition) is 4. The summed E-state index contributed by atoms with van der Waals surface area (Å²) in [5.41, 5.74) is 1.86. The van der Waals surface area contributed by atoms with Crippen LogP contribution in [0, 0.1) is 4.51 Å². The summed E-state index contributed by atoms with van der Waals surface area (Å²) in [6.07, 6.45) is 2.26. The third-order valence-corrected chi connectivity index (χ3v) is 3.54. The molecule has 1 aromatic carbocycles. The molecule has 4 heteroatoms. The minimum atomic E-state index is 0.0607. The van der Waals surface area contributed by atoms with Crippen LogP contribution in [-0.2, 0) is 0 Å². The van der Waals surface area contributed by atoms with E-state index in [4.69, 9.17) is 12.2 Å². The summed E-state index contributed by atoms with van der Waals surface area (Å²) >= 11 is 5.09. The van der Waals surface area contributed by atoms with Crippen molar-refractivity contribution in [1.82, 2.24) is 4.90 Å². The van der Waals surface area contributed by atoms with Crippen molar-refractivity contribution in [2.24, 2.45) is 0 Å². The molecular weight excluding hydrogens is 244 g/mol. The van der Waals surface area contributed by atoms with Gasteiger partial charge in [0.05, 0.1) is 5.69 Å². The molecule has 0 fully saturated rings. The Labute approximate surface area is 115 Å². The van der Waals surface area contributed by atoms with Crippen LogP contribution in [0.25, 0.3) is 0 Å². The van der Waals surface area contributed by atoms with Crippen molar-refractivity contribution in [1.29, 1.82) is 0 Å². The third-order valence-electron chi connectivity index (χ3n) is 3.15. The van der Waals surface area contributed by atoms with Crippen LogP contribution in [0.15, 0.2) is 4.79 Å². The lowest BCUT2D eigenvalue weighted by atomic mass is 9.96. The number of nitrogens with one attached hydrogen (secondary N) is 1. The number of rotatable bonds is 8. The molecule has 102 valence electrons. The van der Waals surface area contributed by atoms with Gasteiger partial charge in [0.1, 0.15) is 4.51 Å². The van der Waals surface area contributed by atoms with Gasteiger partial charge in [-0.2, -0.15) is 0 Å². The van der Waals surface area contributed by atoms with Gasteiger partial charge in [0.15, 0.2) is 0 Å². The molecule has 0 bridgehead atoms. The zero-order valence-corrected chi connectivity index (χ0v) is 12.7. The molecule has 0 aliphatic rings. The van der Waals surface area contributed by atoms with E-state index in [0.717, 1.165) is 37.3 Å². The van der Waals surface area contributed by atoms with E-state index in [0.29, 0.717) is 4.51 Å². The van der Waals surface area contributed by atoms with Crippen LogP contribution in [0.5, 0.6) is 0 Å². The van der Waals surface area contributed by atoms with Gasteiger partial charge in [-0.15, -0.1) is 0 Å². The van der Waals surface area contributed by atoms with Gasteiger partial charge in [-0.1, -0.05) is 33.0 Å². The number of nitrogens with zero attached hydrogens (tertiary/aromatic N) is 1. The van der Waals surface area contributed by atoms with Crippen molar-refractivity contribution in [3.63, 3.8) is 0 Å². The van der Waals surface area contributed by atoms with Crippen molar-refractivity contribution >= 4 is 17.9 Å². The lowest BCUT2D eigenvalue weighted by molar-refractivity contribution is 0.333. The van der Waals surface area contributed by atoms with E-state index in [1.54, 1.807) is 0 Å². The summed E-state index contributed by atoms with van der Waals surface area (Å²) in [6.45, 7) is 9.35. The molecule has 0 unspecified atom stereocenters. The highest BCUT2D eigenvalue weighted by atomic mass is 32.1. The molecule has 18 heavy (non-hydrogen) atoms. The van der Waals surface area contributed by atoms with E-state index < -0.39 is 0 Å². The predicted molar refractivity (Wildman–Crippen MR) is 80.9 cm³/mol. The van der Waals surface area contributed by atoms with Gasteiger partial charge in [-0.25, -0.2) is 0 Å². The largest absolute Gasteiger partial charge is 0.383 e. The second-order valence-corrected chi connectivity index (χ2v) is 5.59. The predicted octanol–water partition coefficient (Wildman–Crippen LogP) is 2.92. The standard InChI is InChI=1S/C14H24N2OS/c1-5-8-16(4)9-6-7-15-12-11(10(2)3)13(17)14(12)18/h10,15H,5-9H2,1-4H3. The van der Waals surface area contributed by atoms with Gasteiger partial charge in [-0.3, -0.25) is 4.79 Å². The molecule has 0 aliphatic heterocycles. The summed E-state index contributed by atoms with van der Waals surface area (Å²) in [5, 5.41) is 3.32. The normalized spacial score (nSPS) is 11.7. The second kappa shape index (κ2) is 7.00. The third kappa shape index (κ3) is 3.62. The Morgan fingerprint density at radius 1 is 1.33 bits per heavy atom. The first-order valence-corrected chi connectivity index (χ1v) is 7.15. The van der Waals surface area contributed by atoms with Crippen LogP contribution in [0.4, 0.5) is 5.69 Å². The zero-order chi connectivity index (χ0) is 13.7. The van der Waals surface area contributed by atoms with Crippen molar-refractivity contribution in [2.45, 2.75) is 39.5 Å². The van der Waals surface area contributed by atoms with Crippen LogP contribution in [0.1, 0.15) is 45.1 Å². The molecule has 1 rings (SSSR count). The van der Waals surface area contributed by atoms with Crippen molar-refractivity contribution in [3.05, 3.63) is 20.3 Å². The molecule has 0 aromatic heterocycles. The smallest absolute Gasteiger partial charge is 0.204 e. The fraction of sp³-hybridized carbons (Fsp3) is 0.714. The van der Waals surface area contributed by atoms with Crippen LogP contribution in [-0.4, -0.2) is 31.6 Å². The highest BCUT2D eigenvalue weighted by molar-refractivity contribution is 7.71. The van der Waals surface area contributed by atoms with E-state index in [1.165, 1.54) is 6.42 Å². The fourth-order valence-electron chi connectivity index (χ4n) is 2.19. The van der Waals surface area contributed by atoms with Gasteiger partial charge >= 0.3 is 0 Å². The molecule has 0 heterocycles. The van der Waals surface area contributed by atoms with Crippen LogP contribution in [0.3, 0.4) is 0 Å². The molecule has 0 atom stereocenters. The number of anilines is 1. The summed E-state index contributed by atoms with van der Waals surface area (Å²) in [5.74, 6) is 0.259. The Hall–Kier alpha value is -0.740. The SMILES string of the molecule is CCCN(C)CCCNc1c(C(C)C)c(=O)c1=S. The highest BCUT2D eigenvalue weighted by Gasteiger charge is 2.19. The molecule has 1 N–H and O–H groups in total. The molecule has 0 amide bonds. The van der Waals surface area contributed by atoms with E-state index >= 15 is 0 Å². The van der Waals surface area contributed by atoms with E-state index in [1.807, 2.05) is 13.8 Å². The maximum Gasteiger partial charge on any atom is 0.204 e. The molecule has 3 nitrogen and oxygen atoms in total. The first-order valence-electron chi connectivity index (χ1n) is 6.74. The Morgan fingerprint density at radius 2 is 2.00 bits per heavy atom. The molecular formula is C14H24N2OS. The Bertz CT molecular complexity index is 447. The summed E-state index contributed by atoms with van der Waals surface area (Å²) in [6, 6.07) is 0. The molecule has 0 spiro atoms. The number of hydrogen-bond donors (Lipinski definition) is 1.